The highest BCUT2D eigenvalue weighted by Crippen LogP contribution is 2.53. The zero-order chi connectivity index (χ0) is 20.4. The van der Waals surface area contributed by atoms with Crippen LogP contribution in [-0.2, 0) is 18.1 Å². The fourth-order valence-corrected chi connectivity index (χ4v) is 5.97. The van der Waals surface area contributed by atoms with Crippen molar-refractivity contribution in [2.45, 2.75) is 27.7 Å². The standard InChI is InChI=1S/C21H26O6P2/c1-15-7-5-8-16(2)19(15)26-28-22-11-21(12-23-28)13-24-29(25-14-21)27-20-17(3)9-6-10-18(20)4/h5-10H,11-14H2,1-4H3. The van der Waals surface area contributed by atoms with Crippen molar-refractivity contribution in [1.29, 1.82) is 0 Å². The van der Waals surface area contributed by atoms with Gasteiger partial charge in [-0.3, -0.25) is 0 Å². The van der Waals surface area contributed by atoms with E-state index in [9.17, 15) is 0 Å². The third-order valence-electron chi connectivity index (χ3n) is 5.05. The maximum atomic E-state index is 6.00. The first-order chi connectivity index (χ1) is 14.0. The van der Waals surface area contributed by atoms with Crippen LogP contribution in [0.15, 0.2) is 36.4 Å². The second-order valence-electron chi connectivity index (χ2n) is 7.67. The van der Waals surface area contributed by atoms with Gasteiger partial charge < -0.3 is 27.1 Å². The highest BCUT2D eigenvalue weighted by Gasteiger charge is 2.45. The van der Waals surface area contributed by atoms with Crippen LogP contribution in [0.4, 0.5) is 0 Å². The largest absolute Gasteiger partial charge is 0.426 e. The molecule has 0 N–H and O–H groups in total. The molecule has 0 aliphatic carbocycles. The minimum atomic E-state index is -1.43. The summed E-state index contributed by atoms with van der Waals surface area (Å²) in [6.07, 6.45) is 0. The molecule has 0 aromatic heterocycles. The van der Waals surface area contributed by atoms with Gasteiger partial charge in [0.15, 0.2) is 0 Å². The maximum absolute atomic E-state index is 6.00. The summed E-state index contributed by atoms with van der Waals surface area (Å²) < 4.78 is 35.6. The van der Waals surface area contributed by atoms with Gasteiger partial charge in [0.05, 0.1) is 31.8 Å². The van der Waals surface area contributed by atoms with Crippen LogP contribution in [0.3, 0.4) is 0 Å². The SMILES string of the molecule is Cc1cccc(C)c1OP1OCC2(CO1)COP(Oc1c(C)cccc1C)OC2. The molecule has 2 aromatic carbocycles. The van der Waals surface area contributed by atoms with E-state index >= 15 is 0 Å². The highest BCUT2D eigenvalue weighted by molar-refractivity contribution is 7.42. The Bertz CT molecular complexity index is 743. The number of para-hydroxylation sites is 2. The predicted octanol–water partition coefficient (Wildman–Crippen LogP) is 5.91. The average Bonchev–Trinajstić information content (AvgIpc) is 2.71. The van der Waals surface area contributed by atoms with E-state index in [-0.39, 0.29) is 5.41 Å². The van der Waals surface area contributed by atoms with E-state index in [4.69, 9.17) is 27.1 Å². The highest BCUT2D eigenvalue weighted by atomic mass is 31.2. The number of hydrogen-bond donors (Lipinski definition) is 0. The summed E-state index contributed by atoms with van der Waals surface area (Å²) in [6.45, 7) is 9.95. The monoisotopic (exact) mass is 436 g/mol. The van der Waals surface area contributed by atoms with Crippen LogP contribution in [0.5, 0.6) is 11.5 Å². The van der Waals surface area contributed by atoms with Gasteiger partial charge in [0.2, 0.25) is 0 Å². The molecule has 4 rings (SSSR count). The second kappa shape index (κ2) is 8.85. The average molecular weight is 436 g/mol. The van der Waals surface area contributed by atoms with Crippen LogP contribution in [-0.4, -0.2) is 26.4 Å². The van der Waals surface area contributed by atoms with E-state index in [1.54, 1.807) is 0 Å². The first-order valence-corrected chi connectivity index (χ1v) is 11.8. The molecular formula is C21H26O6P2. The fourth-order valence-electron chi connectivity index (χ4n) is 3.22. The van der Waals surface area contributed by atoms with Gasteiger partial charge in [0.25, 0.3) is 0 Å². The summed E-state index contributed by atoms with van der Waals surface area (Å²) >= 11 is 0. The first-order valence-electron chi connectivity index (χ1n) is 9.56. The first kappa shape index (κ1) is 21.0. The van der Waals surface area contributed by atoms with Crippen molar-refractivity contribution in [3.8, 4) is 11.5 Å². The topological polar surface area (TPSA) is 55.4 Å². The number of benzene rings is 2. The van der Waals surface area contributed by atoms with Crippen LogP contribution in [0.1, 0.15) is 22.3 Å². The van der Waals surface area contributed by atoms with E-state index in [1.165, 1.54) is 0 Å². The van der Waals surface area contributed by atoms with Crippen LogP contribution in [0.2, 0.25) is 0 Å². The zero-order valence-corrected chi connectivity index (χ0v) is 18.9. The van der Waals surface area contributed by atoms with Crippen molar-refractivity contribution < 1.29 is 27.1 Å². The van der Waals surface area contributed by atoms with Crippen LogP contribution in [0.25, 0.3) is 0 Å². The van der Waals surface area contributed by atoms with Gasteiger partial charge >= 0.3 is 17.2 Å². The molecule has 6 nitrogen and oxygen atoms in total. The van der Waals surface area contributed by atoms with Crippen LogP contribution in [0, 0.1) is 33.1 Å². The zero-order valence-electron chi connectivity index (χ0n) is 17.1. The van der Waals surface area contributed by atoms with Crippen molar-refractivity contribution in [1.82, 2.24) is 0 Å². The molecule has 0 saturated carbocycles. The Morgan fingerprint density at radius 1 is 0.621 bits per heavy atom. The lowest BCUT2D eigenvalue weighted by atomic mass is 9.93. The smallest absolute Gasteiger partial charge is 0.397 e. The molecule has 2 fully saturated rings. The molecule has 2 aliphatic heterocycles. The summed E-state index contributed by atoms with van der Waals surface area (Å²) in [5.41, 5.74) is 3.95. The molecule has 0 radical (unpaired) electrons. The summed E-state index contributed by atoms with van der Waals surface area (Å²) in [5, 5.41) is 0. The molecule has 1 spiro atoms. The summed E-state index contributed by atoms with van der Waals surface area (Å²) in [6, 6.07) is 12.1. The molecule has 2 heterocycles. The second-order valence-corrected chi connectivity index (χ2v) is 9.96. The Balaban J connectivity index is 1.30. The van der Waals surface area contributed by atoms with Crippen molar-refractivity contribution in [3.05, 3.63) is 58.7 Å². The lowest BCUT2D eigenvalue weighted by Crippen LogP contribution is -2.45. The van der Waals surface area contributed by atoms with E-state index in [1.807, 2.05) is 64.1 Å². The van der Waals surface area contributed by atoms with Gasteiger partial charge in [0.1, 0.15) is 11.5 Å². The molecule has 0 bridgehead atoms. The maximum Gasteiger partial charge on any atom is 0.397 e. The fraction of sp³-hybridized carbons (Fsp3) is 0.429. The third kappa shape index (κ3) is 4.74. The van der Waals surface area contributed by atoms with Gasteiger partial charge in [0, 0.05) is 0 Å². The molecule has 2 aliphatic rings. The molecule has 0 atom stereocenters. The Labute approximate surface area is 174 Å². The third-order valence-corrected chi connectivity index (χ3v) is 7.08. The number of rotatable bonds is 4. The van der Waals surface area contributed by atoms with Gasteiger partial charge in [-0.25, -0.2) is 0 Å². The molecule has 0 unspecified atom stereocenters. The van der Waals surface area contributed by atoms with E-state index in [0.717, 1.165) is 33.8 Å². The summed E-state index contributed by atoms with van der Waals surface area (Å²) in [5.74, 6) is 1.66. The van der Waals surface area contributed by atoms with Gasteiger partial charge in [-0.2, -0.15) is 0 Å². The van der Waals surface area contributed by atoms with Crippen molar-refractivity contribution >= 4 is 17.2 Å². The van der Waals surface area contributed by atoms with Crippen molar-refractivity contribution in [2.24, 2.45) is 5.41 Å². The van der Waals surface area contributed by atoms with Gasteiger partial charge in [-0.15, -0.1) is 0 Å². The lowest BCUT2D eigenvalue weighted by molar-refractivity contribution is -0.0673. The normalized spacial score (nSPS) is 27.0. The summed E-state index contributed by atoms with van der Waals surface area (Å²) in [4.78, 5) is 0. The summed E-state index contributed by atoms with van der Waals surface area (Å²) in [7, 11) is -2.86. The Morgan fingerprint density at radius 3 is 1.24 bits per heavy atom. The van der Waals surface area contributed by atoms with Gasteiger partial charge in [-0.05, 0) is 49.9 Å². The van der Waals surface area contributed by atoms with E-state index < -0.39 is 17.2 Å². The van der Waals surface area contributed by atoms with Crippen LogP contribution >= 0.6 is 17.2 Å². The molecular weight excluding hydrogens is 410 g/mol. The van der Waals surface area contributed by atoms with E-state index in [0.29, 0.717) is 26.4 Å². The van der Waals surface area contributed by atoms with Crippen molar-refractivity contribution in [3.63, 3.8) is 0 Å². The minimum Gasteiger partial charge on any atom is -0.426 e. The molecule has 2 aromatic rings. The predicted molar refractivity (Wildman–Crippen MR) is 113 cm³/mol. The number of aryl methyl sites for hydroxylation is 4. The Kier molecular flexibility index (Phi) is 6.41. The van der Waals surface area contributed by atoms with E-state index in [2.05, 4.69) is 0 Å². The van der Waals surface area contributed by atoms with Crippen LogP contribution < -0.4 is 9.05 Å². The quantitative estimate of drug-likeness (QED) is 0.556. The molecule has 29 heavy (non-hydrogen) atoms. The van der Waals surface area contributed by atoms with Crippen molar-refractivity contribution in [2.75, 3.05) is 26.4 Å². The minimum absolute atomic E-state index is 0.327. The molecule has 0 amide bonds. The molecule has 8 heteroatoms. The molecule has 156 valence electrons. The molecule has 2 saturated heterocycles. The lowest BCUT2D eigenvalue weighted by Gasteiger charge is -2.41. The Morgan fingerprint density at radius 2 is 0.931 bits per heavy atom. The Hall–Kier alpha value is -1.26. The number of hydrogen-bond acceptors (Lipinski definition) is 6. The van der Waals surface area contributed by atoms with Gasteiger partial charge in [-0.1, -0.05) is 36.4 Å².